The van der Waals surface area contributed by atoms with Crippen LogP contribution in [0, 0.1) is 6.92 Å². The highest BCUT2D eigenvalue weighted by Crippen LogP contribution is 2.40. The predicted octanol–water partition coefficient (Wildman–Crippen LogP) is 3.86. The van der Waals surface area contributed by atoms with Gasteiger partial charge in [0.25, 0.3) is 0 Å². The summed E-state index contributed by atoms with van der Waals surface area (Å²) >= 11 is 1.76. The van der Waals surface area contributed by atoms with Crippen LogP contribution in [0.3, 0.4) is 0 Å². The van der Waals surface area contributed by atoms with E-state index in [0.29, 0.717) is 5.92 Å². The molecule has 0 bridgehead atoms. The topological polar surface area (TPSA) is 53.6 Å². The lowest BCUT2D eigenvalue weighted by Crippen LogP contribution is -2.08. The number of fused-ring (bicyclic) bond motifs is 1. The zero-order valence-electron chi connectivity index (χ0n) is 12.0. The van der Waals surface area contributed by atoms with E-state index in [1.54, 1.807) is 11.3 Å². The molecule has 1 aliphatic carbocycles. The lowest BCUT2D eigenvalue weighted by atomic mass is 10.3. The van der Waals surface area contributed by atoms with Crippen LogP contribution in [0.2, 0.25) is 0 Å². The second-order valence-electron chi connectivity index (χ2n) is 5.65. The summed E-state index contributed by atoms with van der Waals surface area (Å²) in [6.07, 6.45) is 5.40. The summed E-state index contributed by atoms with van der Waals surface area (Å²) in [7, 11) is 0. The van der Waals surface area contributed by atoms with E-state index in [4.69, 9.17) is 9.97 Å². The second-order valence-corrected chi connectivity index (χ2v) is 6.89. The van der Waals surface area contributed by atoms with Crippen molar-refractivity contribution in [2.45, 2.75) is 32.1 Å². The average molecular weight is 298 g/mol. The quantitative estimate of drug-likeness (QED) is 0.752. The van der Waals surface area contributed by atoms with Crippen molar-refractivity contribution in [1.29, 1.82) is 0 Å². The van der Waals surface area contributed by atoms with Crippen LogP contribution in [0.4, 0.5) is 5.82 Å². The third kappa shape index (κ3) is 2.65. The van der Waals surface area contributed by atoms with Gasteiger partial charge in [-0.15, -0.1) is 11.3 Å². The number of hydrogen-bond donors (Lipinski definition) is 2. The van der Waals surface area contributed by atoms with Crippen LogP contribution >= 0.6 is 11.3 Å². The predicted molar refractivity (Wildman–Crippen MR) is 87.1 cm³/mol. The van der Waals surface area contributed by atoms with Crippen molar-refractivity contribution >= 4 is 27.4 Å². The van der Waals surface area contributed by atoms with Gasteiger partial charge < -0.3 is 10.3 Å². The van der Waals surface area contributed by atoms with Crippen LogP contribution in [0.15, 0.2) is 24.4 Å². The Morgan fingerprint density at radius 1 is 1.38 bits per heavy atom. The van der Waals surface area contributed by atoms with E-state index in [9.17, 15) is 0 Å². The van der Waals surface area contributed by atoms with Gasteiger partial charge in [-0.2, -0.15) is 0 Å². The Hall–Kier alpha value is -1.88. The molecule has 21 heavy (non-hydrogen) atoms. The highest BCUT2D eigenvalue weighted by atomic mass is 32.1. The molecule has 3 aromatic heterocycles. The van der Waals surface area contributed by atoms with Gasteiger partial charge in [0.1, 0.15) is 16.5 Å². The van der Waals surface area contributed by atoms with Gasteiger partial charge in [0.2, 0.25) is 0 Å². The first-order valence-corrected chi connectivity index (χ1v) is 8.25. The lowest BCUT2D eigenvalue weighted by Gasteiger charge is -2.08. The van der Waals surface area contributed by atoms with Crippen LogP contribution in [-0.4, -0.2) is 21.5 Å². The molecule has 1 fully saturated rings. The van der Waals surface area contributed by atoms with E-state index < -0.39 is 0 Å². The first-order chi connectivity index (χ1) is 10.3. The van der Waals surface area contributed by atoms with Crippen molar-refractivity contribution in [3.05, 3.63) is 40.8 Å². The number of aromatic nitrogens is 3. The number of rotatable bonds is 5. The summed E-state index contributed by atoms with van der Waals surface area (Å²) in [6, 6.07) is 6.33. The number of H-pyrrole nitrogens is 1. The molecule has 5 heteroatoms. The molecule has 0 aromatic carbocycles. The minimum absolute atomic E-state index is 0.584. The maximum absolute atomic E-state index is 4.77. The number of hydrogen-bond acceptors (Lipinski definition) is 4. The molecule has 1 aliphatic rings. The monoisotopic (exact) mass is 298 g/mol. The van der Waals surface area contributed by atoms with Crippen LogP contribution in [0.25, 0.3) is 10.2 Å². The van der Waals surface area contributed by atoms with E-state index in [1.807, 2.05) is 12.3 Å². The van der Waals surface area contributed by atoms with Crippen LogP contribution in [0.5, 0.6) is 0 Å². The van der Waals surface area contributed by atoms with Crippen molar-refractivity contribution in [2.75, 3.05) is 11.9 Å². The van der Waals surface area contributed by atoms with Crippen molar-refractivity contribution in [3.63, 3.8) is 0 Å². The van der Waals surface area contributed by atoms with E-state index in [1.165, 1.54) is 23.4 Å². The number of nitrogens with one attached hydrogen (secondary N) is 2. The summed E-state index contributed by atoms with van der Waals surface area (Å²) in [6.45, 7) is 3.01. The Morgan fingerprint density at radius 2 is 2.29 bits per heavy atom. The van der Waals surface area contributed by atoms with E-state index >= 15 is 0 Å². The fourth-order valence-corrected chi connectivity index (χ4v) is 3.44. The number of aromatic amines is 1. The Bertz CT molecular complexity index is 756. The van der Waals surface area contributed by atoms with Crippen molar-refractivity contribution in [2.24, 2.45) is 0 Å². The molecule has 0 spiro atoms. The van der Waals surface area contributed by atoms with Gasteiger partial charge in [0, 0.05) is 35.7 Å². The summed E-state index contributed by atoms with van der Waals surface area (Å²) in [5.41, 5.74) is 1.25. The van der Waals surface area contributed by atoms with Gasteiger partial charge >= 0.3 is 0 Å². The molecule has 1 saturated carbocycles. The molecule has 2 N–H and O–H groups in total. The van der Waals surface area contributed by atoms with Crippen molar-refractivity contribution in [1.82, 2.24) is 15.0 Å². The van der Waals surface area contributed by atoms with Crippen LogP contribution in [-0.2, 0) is 6.42 Å². The SMILES string of the molecule is Cc1cc2c(NCCc3ccc[nH]3)nc(C3CC3)nc2s1. The number of nitrogens with zero attached hydrogens (tertiary/aromatic N) is 2. The minimum Gasteiger partial charge on any atom is -0.369 e. The molecule has 0 saturated heterocycles. The second kappa shape index (κ2) is 5.15. The molecule has 3 aromatic rings. The van der Waals surface area contributed by atoms with Crippen molar-refractivity contribution in [3.8, 4) is 0 Å². The van der Waals surface area contributed by atoms with Crippen LogP contribution in [0.1, 0.15) is 35.2 Å². The van der Waals surface area contributed by atoms with E-state index in [2.05, 4.69) is 29.4 Å². The van der Waals surface area contributed by atoms with E-state index in [-0.39, 0.29) is 0 Å². The Labute approximate surface area is 127 Å². The third-order valence-corrected chi connectivity index (χ3v) is 4.77. The molecule has 3 heterocycles. The normalized spacial score (nSPS) is 14.7. The van der Waals surface area contributed by atoms with Gasteiger partial charge in [-0.25, -0.2) is 9.97 Å². The number of thiophene rings is 1. The molecule has 4 nitrogen and oxygen atoms in total. The molecule has 4 rings (SSSR count). The molecule has 108 valence electrons. The molecular formula is C16H18N4S. The zero-order valence-corrected chi connectivity index (χ0v) is 12.8. The standard InChI is InChI=1S/C16H18N4S/c1-10-9-13-15(18-8-6-12-3-2-7-17-12)19-14(11-4-5-11)20-16(13)21-10/h2-3,7,9,11,17H,4-6,8H2,1H3,(H,18,19,20). The van der Waals surface area contributed by atoms with Crippen molar-refractivity contribution < 1.29 is 0 Å². The maximum atomic E-state index is 4.77. The Morgan fingerprint density at radius 3 is 3.05 bits per heavy atom. The van der Waals surface area contributed by atoms with Crippen LogP contribution < -0.4 is 5.32 Å². The highest BCUT2D eigenvalue weighted by molar-refractivity contribution is 7.18. The maximum Gasteiger partial charge on any atom is 0.138 e. The lowest BCUT2D eigenvalue weighted by molar-refractivity contribution is 0.928. The smallest absolute Gasteiger partial charge is 0.138 e. The molecule has 0 atom stereocenters. The van der Waals surface area contributed by atoms with Gasteiger partial charge in [-0.3, -0.25) is 0 Å². The van der Waals surface area contributed by atoms with Gasteiger partial charge in [0.05, 0.1) is 5.39 Å². The largest absolute Gasteiger partial charge is 0.369 e. The summed E-state index contributed by atoms with van der Waals surface area (Å²) in [5, 5.41) is 4.66. The summed E-state index contributed by atoms with van der Waals surface area (Å²) in [4.78, 5) is 15.1. The zero-order chi connectivity index (χ0) is 14.2. The Kier molecular flexibility index (Phi) is 3.15. The summed E-state index contributed by atoms with van der Waals surface area (Å²) in [5.74, 6) is 2.60. The average Bonchev–Trinajstić information content (AvgIpc) is 3.05. The molecule has 0 amide bonds. The minimum atomic E-state index is 0.584. The first-order valence-electron chi connectivity index (χ1n) is 7.44. The molecule has 0 aliphatic heterocycles. The van der Waals surface area contributed by atoms with Gasteiger partial charge in [-0.1, -0.05) is 0 Å². The third-order valence-electron chi connectivity index (χ3n) is 3.82. The first kappa shape index (κ1) is 12.8. The molecule has 0 radical (unpaired) electrons. The number of aryl methyl sites for hydroxylation is 1. The molecule has 0 unspecified atom stereocenters. The fourth-order valence-electron chi connectivity index (χ4n) is 2.56. The highest BCUT2D eigenvalue weighted by Gasteiger charge is 2.27. The van der Waals surface area contributed by atoms with Gasteiger partial charge in [0.15, 0.2) is 0 Å². The molecular weight excluding hydrogens is 280 g/mol. The number of anilines is 1. The summed E-state index contributed by atoms with van der Waals surface area (Å²) < 4.78 is 0. The van der Waals surface area contributed by atoms with Gasteiger partial charge in [-0.05, 0) is 38.0 Å². The fraction of sp³-hybridized carbons (Fsp3) is 0.375. The Balaban J connectivity index is 1.59. The van der Waals surface area contributed by atoms with E-state index in [0.717, 1.165) is 34.8 Å².